The number of thiophene rings is 1. The number of carbonyl (C=O) groups excluding carboxylic acids is 1. The molecule has 6 rings (SSSR count). The summed E-state index contributed by atoms with van der Waals surface area (Å²) in [7, 11) is 6.12. The molecule has 3 aromatic heterocycles. The number of hydrogen-bond acceptors (Lipinski definition) is 9. The maximum absolute atomic E-state index is 13.5. The molecule has 0 saturated carbocycles. The van der Waals surface area contributed by atoms with Gasteiger partial charge in [0.1, 0.15) is 40.2 Å². The van der Waals surface area contributed by atoms with Crippen LogP contribution in [0.1, 0.15) is 47.6 Å². The van der Waals surface area contributed by atoms with Crippen LogP contribution in [0, 0.1) is 5.92 Å². The lowest BCUT2D eigenvalue weighted by molar-refractivity contribution is -0.0650. The average Bonchev–Trinajstić information content (AvgIpc) is 3.57. The summed E-state index contributed by atoms with van der Waals surface area (Å²) in [6.07, 6.45) is 5.59. The highest BCUT2D eigenvalue weighted by atomic mass is 35.5. The number of fused-ring (bicyclic) bond motifs is 4. The van der Waals surface area contributed by atoms with Crippen molar-refractivity contribution in [3.63, 3.8) is 0 Å². The molecule has 1 fully saturated rings. The maximum atomic E-state index is 13.5. The fraction of sp³-hybridized carbons (Fsp3) is 0.556. The molecular formula is C27H34ClN7O3S. The second-order valence-corrected chi connectivity index (χ2v) is 13.0. The van der Waals surface area contributed by atoms with Crippen molar-refractivity contribution in [3.05, 3.63) is 43.9 Å². The molecule has 1 saturated heterocycles. The zero-order valence-electron chi connectivity index (χ0n) is 22.9. The zero-order valence-corrected chi connectivity index (χ0v) is 24.4. The van der Waals surface area contributed by atoms with E-state index in [2.05, 4.69) is 44.5 Å². The van der Waals surface area contributed by atoms with Gasteiger partial charge in [-0.2, -0.15) is 0 Å². The molecule has 0 bridgehead atoms. The van der Waals surface area contributed by atoms with Gasteiger partial charge in [0.25, 0.3) is 11.5 Å². The first-order valence-corrected chi connectivity index (χ1v) is 14.5. The molecular weight excluding hydrogens is 538 g/mol. The maximum Gasteiger partial charge on any atom is 0.276 e. The number of nitrogens with zero attached hydrogens (tertiary/aromatic N) is 5. The van der Waals surface area contributed by atoms with Crippen LogP contribution < -0.4 is 16.2 Å². The van der Waals surface area contributed by atoms with Gasteiger partial charge in [-0.15, -0.1) is 11.3 Å². The van der Waals surface area contributed by atoms with E-state index in [1.54, 1.807) is 25.2 Å². The van der Waals surface area contributed by atoms with Crippen LogP contribution in [0.15, 0.2) is 17.2 Å². The number of aromatic nitrogens is 3. The van der Waals surface area contributed by atoms with E-state index >= 15 is 0 Å². The summed E-state index contributed by atoms with van der Waals surface area (Å²) in [5.41, 5.74) is 0.458. The Morgan fingerprint density at radius 3 is 2.79 bits per heavy atom. The molecule has 3 atom stereocenters. The number of likely N-dealkylation sites (tertiary alicyclic amines) is 1. The number of ether oxygens (including phenoxy) is 1. The largest absolute Gasteiger partial charge is 0.366 e. The number of likely N-dealkylation sites (N-methyl/N-ethyl adjacent to an activating group) is 1. The molecule has 208 valence electrons. The van der Waals surface area contributed by atoms with Crippen LogP contribution in [0.25, 0.3) is 10.2 Å². The first-order chi connectivity index (χ1) is 18.6. The van der Waals surface area contributed by atoms with E-state index in [1.807, 2.05) is 7.11 Å². The molecule has 10 nitrogen and oxygen atoms in total. The Morgan fingerprint density at radius 2 is 2.08 bits per heavy atom. The van der Waals surface area contributed by atoms with Crippen LogP contribution in [-0.2, 0) is 23.2 Å². The van der Waals surface area contributed by atoms with Crippen molar-refractivity contribution in [1.29, 1.82) is 0 Å². The summed E-state index contributed by atoms with van der Waals surface area (Å²) in [6, 6.07) is 2.07. The van der Waals surface area contributed by atoms with E-state index in [0.29, 0.717) is 17.8 Å². The van der Waals surface area contributed by atoms with Crippen molar-refractivity contribution >= 4 is 50.6 Å². The van der Waals surface area contributed by atoms with Gasteiger partial charge >= 0.3 is 0 Å². The first-order valence-electron chi connectivity index (χ1n) is 13.3. The summed E-state index contributed by atoms with van der Waals surface area (Å²) in [4.78, 5) is 42.0. The van der Waals surface area contributed by atoms with E-state index in [4.69, 9.17) is 16.3 Å². The minimum absolute atomic E-state index is 0.0882. The molecule has 39 heavy (non-hydrogen) atoms. The lowest BCUT2D eigenvalue weighted by atomic mass is 9.86. The van der Waals surface area contributed by atoms with Crippen molar-refractivity contribution < 1.29 is 9.53 Å². The van der Waals surface area contributed by atoms with Gasteiger partial charge in [0, 0.05) is 37.0 Å². The Kier molecular flexibility index (Phi) is 6.70. The van der Waals surface area contributed by atoms with Gasteiger partial charge in [0.2, 0.25) is 0 Å². The Bertz CT molecular complexity index is 1520. The Hall–Kier alpha value is -2.57. The summed E-state index contributed by atoms with van der Waals surface area (Å²) in [5.74, 6) is 0.616. The molecule has 2 aliphatic heterocycles. The summed E-state index contributed by atoms with van der Waals surface area (Å²) in [5, 5.41) is 7.22. The van der Waals surface area contributed by atoms with E-state index in [1.165, 1.54) is 27.4 Å². The molecule has 1 amide bonds. The lowest BCUT2D eigenvalue weighted by Gasteiger charge is -2.35. The van der Waals surface area contributed by atoms with Crippen LogP contribution in [-0.4, -0.2) is 76.8 Å². The number of amides is 1. The molecule has 5 heterocycles. The van der Waals surface area contributed by atoms with Crippen LogP contribution >= 0.6 is 22.9 Å². The molecule has 1 aliphatic carbocycles. The van der Waals surface area contributed by atoms with Gasteiger partial charge in [0.05, 0.1) is 10.4 Å². The smallest absolute Gasteiger partial charge is 0.276 e. The van der Waals surface area contributed by atoms with E-state index < -0.39 is 5.66 Å². The van der Waals surface area contributed by atoms with Gasteiger partial charge < -0.3 is 20.3 Å². The summed E-state index contributed by atoms with van der Waals surface area (Å²) >= 11 is 8.17. The van der Waals surface area contributed by atoms with Crippen LogP contribution in [0.3, 0.4) is 0 Å². The van der Waals surface area contributed by atoms with Crippen LogP contribution in [0.5, 0.6) is 0 Å². The minimum atomic E-state index is -0.887. The summed E-state index contributed by atoms with van der Waals surface area (Å²) < 4.78 is 7.48. The molecule has 1 unspecified atom stereocenters. The number of nitrogens with one attached hydrogen (secondary N) is 2. The number of halogens is 1. The van der Waals surface area contributed by atoms with Crippen molar-refractivity contribution in [1.82, 2.24) is 29.7 Å². The molecule has 0 aromatic carbocycles. The Labute approximate surface area is 236 Å². The Morgan fingerprint density at radius 1 is 1.28 bits per heavy atom. The lowest BCUT2D eigenvalue weighted by Crippen LogP contribution is -2.44. The molecule has 12 heteroatoms. The Balaban J connectivity index is 1.31. The predicted molar refractivity (Wildman–Crippen MR) is 153 cm³/mol. The number of anilines is 2. The number of pyridine rings is 1. The highest BCUT2D eigenvalue weighted by Crippen LogP contribution is 2.42. The standard InChI is InChI=1S/C27H34ClN7O3S/c1-27(2)32-23(36)21-17(28)11-18(25(37)35(21)27)31-22-20-16-7-6-14(10-19(16)39-24(20)30-13-29-22)26(38-5)34-9-8-15(12-34)33(3)4/h11,13-15,26H,6-10,12H2,1-5H3,(H,32,36)(H,29,30,31)/t14-,15-,26?/m0/s1. The highest BCUT2D eigenvalue weighted by Gasteiger charge is 2.39. The molecule has 0 radical (unpaired) electrons. The molecule has 0 spiro atoms. The third-order valence-electron chi connectivity index (χ3n) is 8.41. The molecule has 3 aromatic rings. The monoisotopic (exact) mass is 571 g/mol. The van der Waals surface area contributed by atoms with Crippen molar-refractivity contribution in [2.45, 2.75) is 57.5 Å². The first kappa shape index (κ1) is 26.6. The minimum Gasteiger partial charge on any atom is -0.366 e. The van der Waals surface area contributed by atoms with Crippen LogP contribution in [0.2, 0.25) is 5.02 Å². The van der Waals surface area contributed by atoms with Crippen molar-refractivity contribution in [3.8, 4) is 0 Å². The number of methoxy groups -OCH3 is 1. The van der Waals surface area contributed by atoms with E-state index in [0.717, 1.165) is 49.0 Å². The number of rotatable bonds is 6. The topological polar surface area (TPSA) is 105 Å². The molecule has 3 aliphatic rings. The fourth-order valence-electron chi connectivity index (χ4n) is 6.47. The zero-order chi connectivity index (χ0) is 27.6. The third-order valence-corrected chi connectivity index (χ3v) is 9.86. The predicted octanol–water partition coefficient (Wildman–Crippen LogP) is 3.40. The molecule has 2 N–H and O–H groups in total. The number of hydrogen-bond donors (Lipinski definition) is 2. The fourth-order valence-corrected chi connectivity index (χ4v) is 8.03. The van der Waals surface area contributed by atoms with Crippen molar-refractivity contribution in [2.24, 2.45) is 5.92 Å². The third kappa shape index (κ3) is 4.44. The highest BCUT2D eigenvalue weighted by molar-refractivity contribution is 7.19. The summed E-state index contributed by atoms with van der Waals surface area (Å²) in [6.45, 7) is 5.62. The van der Waals surface area contributed by atoms with E-state index in [9.17, 15) is 9.59 Å². The SMILES string of the molecule is COC([C@H]1CCc2c(sc3ncnc(Nc4cc(Cl)c5n(c4=O)C(C)(C)NC5=O)c23)C1)N1CC[C@H](N(C)C)C1. The van der Waals surface area contributed by atoms with Gasteiger partial charge in [-0.3, -0.25) is 19.1 Å². The van der Waals surface area contributed by atoms with Gasteiger partial charge in [0.15, 0.2) is 0 Å². The average molecular weight is 572 g/mol. The van der Waals surface area contributed by atoms with Gasteiger partial charge in [-0.1, -0.05) is 11.6 Å². The van der Waals surface area contributed by atoms with Gasteiger partial charge in [-0.05, 0) is 65.3 Å². The van der Waals surface area contributed by atoms with Gasteiger partial charge in [-0.25, -0.2) is 9.97 Å². The number of aryl methyl sites for hydroxylation is 1. The van der Waals surface area contributed by atoms with Crippen LogP contribution in [0.4, 0.5) is 11.5 Å². The normalized spacial score (nSPS) is 23.2. The second-order valence-electron chi connectivity index (χ2n) is 11.5. The quantitative estimate of drug-likeness (QED) is 0.464. The second kappa shape index (κ2) is 9.81. The van der Waals surface area contributed by atoms with Crippen molar-refractivity contribution in [2.75, 3.05) is 39.6 Å². The number of carbonyl (C=O) groups is 1. The van der Waals surface area contributed by atoms with E-state index in [-0.39, 0.29) is 34.1 Å².